The molecule has 0 saturated carbocycles. The third-order valence-corrected chi connectivity index (χ3v) is 2.25. The van der Waals surface area contributed by atoms with E-state index in [0.717, 1.165) is 0 Å². The molecular formula is C10H8FN3O2. The molecule has 0 saturated heterocycles. The van der Waals surface area contributed by atoms with Crippen molar-refractivity contribution in [3.05, 3.63) is 52.1 Å². The zero-order valence-corrected chi connectivity index (χ0v) is 8.42. The van der Waals surface area contributed by atoms with Gasteiger partial charge in [0.1, 0.15) is 17.7 Å². The quantitative estimate of drug-likeness (QED) is 0.577. The van der Waals surface area contributed by atoms with Crippen LogP contribution in [0.4, 0.5) is 10.1 Å². The number of aromatic nitrogens is 2. The van der Waals surface area contributed by atoms with Crippen LogP contribution in [0.3, 0.4) is 0 Å². The van der Waals surface area contributed by atoms with Gasteiger partial charge in [-0.25, -0.2) is 9.07 Å². The fraction of sp³-hybridized carbons (Fsp3) is 0.100. The van der Waals surface area contributed by atoms with Crippen molar-refractivity contribution < 1.29 is 9.31 Å². The molecule has 0 spiro atoms. The molecular weight excluding hydrogens is 213 g/mol. The van der Waals surface area contributed by atoms with E-state index in [0.29, 0.717) is 11.4 Å². The van der Waals surface area contributed by atoms with Gasteiger partial charge in [0.15, 0.2) is 0 Å². The second kappa shape index (κ2) is 3.73. The third-order valence-electron chi connectivity index (χ3n) is 2.25. The third kappa shape index (κ3) is 1.65. The Morgan fingerprint density at radius 2 is 2.00 bits per heavy atom. The predicted molar refractivity (Wildman–Crippen MR) is 54.9 cm³/mol. The molecule has 16 heavy (non-hydrogen) atoms. The van der Waals surface area contributed by atoms with Crippen molar-refractivity contribution in [3.63, 3.8) is 0 Å². The number of nitrogens with zero attached hydrogens (tertiary/aromatic N) is 3. The SMILES string of the molecule is Cc1c([N+](=O)[O-])cnn1-c1ccc(F)cc1. The van der Waals surface area contributed by atoms with Crippen molar-refractivity contribution >= 4 is 5.69 Å². The van der Waals surface area contributed by atoms with E-state index in [-0.39, 0.29) is 11.5 Å². The second-order valence-electron chi connectivity index (χ2n) is 3.26. The summed E-state index contributed by atoms with van der Waals surface area (Å²) in [7, 11) is 0. The topological polar surface area (TPSA) is 61.0 Å². The van der Waals surface area contributed by atoms with Gasteiger partial charge in [0, 0.05) is 0 Å². The number of rotatable bonds is 2. The monoisotopic (exact) mass is 221 g/mol. The maximum Gasteiger partial charge on any atom is 0.310 e. The first-order valence-corrected chi connectivity index (χ1v) is 4.54. The summed E-state index contributed by atoms with van der Waals surface area (Å²) in [5, 5.41) is 14.5. The summed E-state index contributed by atoms with van der Waals surface area (Å²) < 4.78 is 14.1. The number of benzene rings is 1. The van der Waals surface area contributed by atoms with Gasteiger partial charge in [0.2, 0.25) is 0 Å². The minimum absolute atomic E-state index is 0.0516. The van der Waals surface area contributed by atoms with Crippen LogP contribution in [0, 0.1) is 22.9 Å². The Bertz CT molecular complexity index is 533. The minimum atomic E-state index is -0.498. The van der Waals surface area contributed by atoms with Crippen LogP contribution in [0.15, 0.2) is 30.5 Å². The smallest absolute Gasteiger partial charge is 0.258 e. The molecule has 82 valence electrons. The first-order chi connectivity index (χ1) is 7.59. The molecule has 1 aromatic heterocycles. The fourth-order valence-electron chi connectivity index (χ4n) is 1.42. The van der Waals surface area contributed by atoms with E-state index < -0.39 is 4.92 Å². The Morgan fingerprint density at radius 3 is 2.50 bits per heavy atom. The van der Waals surface area contributed by atoms with Gasteiger partial charge in [-0.3, -0.25) is 10.1 Å². The molecule has 0 radical (unpaired) electrons. The lowest BCUT2D eigenvalue weighted by Crippen LogP contribution is -1.99. The molecule has 0 bridgehead atoms. The summed E-state index contributed by atoms with van der Waals surface area (Å²) >= 11 is 0. The lowest BCUT2D eigenvalue weighted by molar-refractivity contribution is -0.385. The first kappa shape index (κ1) is 10.3. The highest BCUT2D eigenvalue weighted by Crippen LogP contribution is 2.20. The summed E-state index contributed by atoms with van der Waals surface area (Å²) in [5.41, 5.74) is 0.952. The molecule has 0 unspecified atom stereocenters. The molecule has 5 nitrogen and oxygen atoms in total. The Labute approximate surface area is 90.3 Å². The molecule has 0 amide bonds. The van der Waals surface area contributed by atoms with Crippen LogP contribution >= 0.6 is 0 Å². The van der Waals surface area contributed by atoms with Gasteiger partial charge < -0.3 is 0 Å². The highest BCUT2D eigenvalue weighted by Gasteiger charge is 2.16. The van der Waals surface area contributed by atoms with Crippen molar-refractivity contribution in [1.29, 1.82) is 0 Å². The molecule has 1 heterocycles. The van der Waals surface area contributed by atoms with E-state index in [1.54, 1.807) is 6.92 Å². The van der Waals surface area contributed by atoms with Gasteiger partial charge in [-0.2, -0.15) is 5.10 Å². The number of hydrogen-bond donors (Lipinski definition) is 0. The predicted octanol–water partition coefficient (Wildman–Crippen LogP) is 2.23. The molecule has 0 aliphatic carbocycles. The Kier molecular flexibility index (Phi) is 2.40. The maximum absolute atomic E-state index is 12.7. The maximum atomic E-state index is 12.7. The van der Waals surface area contributed by atoms with Gasteiger partial charge >= 0.3 is 5.69 Å². The van der Waals surface area contributed by atoms with Crippen LogP contribution in [0.5, 0.6) is 0 Å². The molecule has 2 aromatic rings. The minimum Gasteiger partial charge on any atom is -0.258 e. The van der Waals surface area contributed by atoms with Crippen molar-refractivity contribution in [3.8, 4) is 5.69 Å². The van der Waals surface area contributed by atoms with E-state index in [4.69, 9.17) is 0 Å². The number of halogens is 1. The average molecular weight is 221 g/mol. The van der Waals surface area contributed by atoms with Crippen LogP contribution in [0.2, 0.25) is 0 Å². The Hall–Kier alpha value is -2.24. The lowest BCUT2D eigenvalue weighted by Gasteiger charge is -2.02. The summed E-state index contributed by atoms with van der Waals surface area (Å²) in [4.78, 5) is 10.1. The lowest BCUT2D eigenvalue weighted by atomic mass is 10.3. The summed E-state index contributed by atoms with van der Waals surface area (Å²) in [6.45, 7) is 1.59. The van der Waals surface area contributed by atoms with E-state index in [2.05, 4.69) is 5.10 Å². The van der Waals surface area contributed by atoms with Crippen molar-refractivity contribution in [2.75, 3.05) is 0 Å². The molecule has 1 aromatic carbocycles. The first-order valence-electron chi connectivity index (χ1n) is 4.54. The standard InChI is InChI=1S/C10H8FN3O2/c1-7-10(14(15)16)6-12-13(7)9-4-2-8(11)3-5-9/h2-6H,1H3. The zero-order chi connectivity index (χ0) is 11.7. The van der Waals surface area contributed by atoms with Crippen LogP contribution in [-0.2, 0) is 0 Å². The van der Waals surface area contributed by atoms with Crippen LogP contribution < -0.4 is 0 Å². The van der Waals surface area contributed by atoms with E-state index in [1.165, 1.54) is 35.1 Å². The van der Waals surface area contributed by atoms with E-state index in [9.17, 15) is 14.5 Å². The van der Waals surface area contributed by atoms with E-state index >= 15 is 0 Å². The van der Waals surface area contributed by atoms with Crippen LogP contribution in [-0.4, -0.2) is 14.7 Å². The Morgan fingerprint density at radius 1 is 1.38 bits per heavy atom. The number of nitro groups is 1. The van der Waals surface area contributed by atoms with E-state index in [1.807, 2.05) is 0 Å². The molecule has 0 fully saturated rings. The molecule has 6 heteroatoms. The van der Waals surface area contributed by atoms with Crippen molar-refractivity contribution in [2.24, 2.45) is 0 Å². The largest absolute Gasteiger partial charge is 0.310 e. The summed E-state index contributed by atoms with van der Waals surface area (Å²) in [5.74, 6) is -0.358. The second-order valence-corrected chi connectivity index (χ2v) is 3.26. The summed E-state index contributed by atoms with van der Waals surface area (Å²) in [6, 6.07) is 5.59. The molecule has 2 rings (SSSR count). The summed E-state index contributed by atoms with van der Waals surface area (Å²) in [6.07, 6.45) is 1.18. The molecule has 0 aliphatic heterocycles. The van der Waals surface area contributed by atoms with Gasteiger partial charge in [-0.15, -0.1) is 0 Å². The van der Waals surface area contributed by atoms with Crippen molar-refractivity contribution in [1.82, 2.24) is 9.78 Å². The van der Waals surface area contributed by atoms with Gasteiger partial charge in [-0.05, 0) is 31.2 Å². The number of hydrogen-bond acceptors (Lipinski definition) is 3. The van der Waals surface area contributed by atoms with Crippen LogP contribution in [0.1, 0.15) is 5.69 Å². The molecule has 0 N–H and O–H groups in total. The fourth-order valence-corrected chi connectivity index (χ4v) is 1.42. The average Bonchev–Trinajstić information content (AvgIpc) is 2.61. The zero-order valence-electron chi connectivity index (χ0n) is 8.42. The highest BCUT2D eigenvalue weighted by molar-refractivity contribution is 5.40. The van der Waals surface area contributed by atoms with Crippen LogP contribution in [0.25, 0.3) is 5.69 Å². The Balaban J connectivity index is 2.49. The highest BCUT2D eigenvalue weighted by atomic mass is 19.1. The van der Waals surface area contributed by atoms with Crippen molar-refractivity contribution in [2.45, 2.75) is 6.92 Å². The normalized spacial score (nSPS) is 10.4. The van der Waals surface area contributed by atoms with Gasteiger partial charge in [0.25, 0.3) is 0 Å². The van der Waals surface area contributed by atoms with Gasteiger partial charge in [-0.1, -0.05) is 0 Å². The molecule has 0 aliphatic rings. The molecule has 0 atom stereocenters. The van der Waals surface area contributed by atoms with Gasteiger partial charge in [0.05, 0.1) is 10.6 Å².